The SMILES string of the molecule is CC.CC.CC.Cc1cccc(C)c1.Cc1ccnc(C)c1.Cc1ccnc(C)n1. The molecule has 0 N–H and O–H groups in total. The van der Waals surface area contributed by atoms with Crippen LogP contribution < -0.4 is 0 Å². The van der Waals surface area contributed by atoms with Gasteiger partial charge in [-0.3, -0.25) is 4.98 Å². The van der Waals surface area contributed by atoms with Gasteiger partial charge in [-0.05, 0) is 65.3 Å². The van der Waals surface area contributed by atoms with E-state index >= 15 is 0 Å². The quantitative estimate of drug-likeness (QED) is 0.374. The lowest BCUT2D eigenvalue weighted by Crippen LogP contribution is -1.86. The van der Waals surface area contributed by atoms with Gasteiger partial charge in [0.25, 0.3) is 0 Å². The van der Waals surface area contributed by atoms with Gasteiger partial charge < -0.3 is 0 Å². The van der Waals surface area contributed by atoms with Crippen LogP contribution in [0.1, 0.15) is 75.4 Å². The Labute approximate surface area is 187 Å². The number of hydrogen-bond donors (Lipinski definition) is 0. The molecule has 3 rings (SSSR count). The number of pyridine rings is 1. The molecule has 0 amide bonds. The van der Waals surface area contributed by atoms with E-state index in [0.717, 1.165) is 17.2 Å². The third kappa shape index (κ3) is 20.2. The zero-order chi connectivity index (χ0) is 23.9. The fourth-order valence-corrected chi connectivity index (χ4v) is 2.07. The Morgan fingerprint density at radius 1 is 0.500 bits per heavy atom. The van der Waals surface area contributed by atoms with Crippen molar-refractivity contribution < 1.29 is 0 Å². The highest BCUT2D eigenvalue weighted by molar-refractivity contribution is 5.20. The second kappa shape index (κ2) is 22.7. The molecule has 30 heavy (non-hydrogen) atoms. The second-order valence-corrected chi connectivity index (χ2v) is 5.88. The minimum Gasteiger partial charge on any atom is -0.262 e. The molecule has 168 valence electrons. The Hall–Kier alpha value is -2.55. The fraction of sp³-hybridized carbons (Fsp3) is 0.444. The molecule has 0 aliphatic carbocycles. The fourth-order valence-electron chi connectivity index (χ4n) is 2.07. The summed E-state index contributed by atoms with van der Waals surface area (Å²) in [6.45, 7) is 24.1. The van der Waals surface area contributed by atoms with Gasteiger partial charge >= 0.3 is 0 Å². The molecule has 3 nitrogen and oxygen atoms in total. The molecule has 2 heterocycles. The average Bonchev–Trinajstić information content (AvgIpc) is 2.73. The van der Waals surface area contributed by atoms with Crippen molar-refractivity contribution >= 4 is 0 Å². The minimum atomic E-state index is 0.838. The van der Waals surface area contributed by atoms with Crippen molar-refractivity contribution in [2.75, 3.05) is 0 Å². The zero-order valence-electron chi connectivity index (χ0n) is 21.5. The summed E-state index contributed by atoms with van der Waals surface area (Å²) in [5.74, 6) is 0.838. The third-order valence-corrected chi connectivity index (χ3v) is 3.14. The first kappa shape index (κ1) is 32.1. The lowest BCUT2D eigenvalue weighted by Gasteiger charge is -1.90. The average molecular weight is 412 g/mol. The van der Waals surface area contributed by atoms with Crippen molar-refractivity contribution in [3.63, 3.8) is 0 Å². The van der Waals surface area contributed by atoms with E-state index in [0.29, 0.717) is 0 Å². The van der Waals surface area contributed by atoms with E-state index in [-0.39, 0.29) is 0 Å². The van der Waals surface area contributed by atoms with Crippen LogP contribution in [-0.4, -0.2) is 15.0 Å². The molecule has 2 aromatic heterocycles. The molecular weight excluding hydrogens is 366 g/mol. The first-order valence-corrected chi connectivity index (χ1v) is 11.1. The highest BCUT2D eigenvalue weighted by atomic mass is 14.9. The van der Waals surface area contributed by atoms with Crippen molar-refractivity contribution in [3.05, 3.63) is 88.8 Å². The Morgan fingerprint density at radius 2 is 0.967 bits per heavy atom. The van der Waals surface area contributed by atoms with Gasteiger partial charge in [0.2, 0.25) is 0 Å². The maximum absolute atomic E-state index is 4.06. The van der Waals surface area contributed by atoms with Crippen LogP contribution in [-0.2, 0) is 0 Å². The van der Waals surface area contributed by atoms with Gasteiger partial charge in [-0.1, -0.05) is 76.9 Å². The van der Waals surface area contributed by atoms with Crippen LogP contribution in [0.3, 0.4) is 0 Å². The van der Waals surface area contributed by atoms with Crippen LogP contribution in [0, 0.1) is 41.5 Å². The standard InChI is InChI=1S/C8H10.C7H9N.C6H8N2.3C2H6/c1-7-4-3-5-8(2)6-7;1-6-3-4-8-7(2)5-6;1-5-3-4-7-6(2)8-5;3*1-2/h3-6H,1-2H3;3-5H,1-2H3;3-4H,1-2H3;3*1-2H3. The molecule has 1 aromatic carbocycles. The molecule has 0 aliphatic heterocycles. The van der Waals surface area contributed by atoms with Gasteiger partial charge in [0.05, 0.1) is 0 Å². The maximum Gasteiger partial charge on any atom is 0.125 e. The molecule has 0 saturated carbocycles. The van der Waals surface area contributed by atoms with Crippen molar-refractivity contribution in [3.8, 4) is 0 Å². The first-order chi connectivity index (χ1) is 14.4. The Bertz CT molecular complexity index is 597. The summed E-state index contributed by atoms with van der Waals surface area (Å²) in [5, 5.41) is 0. The summed E-state index contributed by atoms with van der Waals surface area (Å²) >= 11 is 0. The third-order valence-electron chi connectivity index (χ3n) is 3.14. The Morgan fingerprint density at radius 3 is 1.23 bits per heavy atom. The molecule has 3 aromatic rings. The van der Waals surface area contributed by atoms with Gasteiger partial charge in [0, 0.05) is 23.8 Å². The van der Waals surface area contributed by atoms with E-state index in [1.54, 1.807) is 6.20 Å². The van der Waals surface area contributed by atoms with E-state index in [1.165, 1.54) is 16.7 Å². The number of hydrogen-bond acceptors (Lipinski definition) is 3. The summed E-state index contributed by atoms with van der Waals surface area (Å²) in [4.78, 5) is 12.0. The number of nitrogens with zero attached hydrogens (tertiary/aromatic N) is 3. The van der Waals surface area contributed by atoms with Gasteiger partial charge in [-0.25, -0.2) is 9.97 Å². The number of benzene rings is 1. The van der Waals surface area contributed by atoms with Crippen LogP contribution in [0.15, 0.2) is 54.9 Å². The van der Waals surface area contributed by atoms with Crippen LogP contribution in [0.2, 0.25) is 0 Å². The zero-order valence-corrected chi connectivity index (χ0v) is 21.5. The summed E-state index contributed by atoms with van der Waals surface area (Å²) < 4.78 is 0. The summed E-state index contributed by atoms with van der Waals surface area (Å²) in [6, 6.07) is 14.4. The van der Waals surface area contributed by atoms with Crippen LogP contribution >= 0.6 is 0 Å². The largest absolute Gasteiger partial charge is 0.262 e. The number of rotatable bonds is 0. The molecule has 0 saturated heterocycles. The molecule has 0 radical (unpaired) electrons. The van der Waals surface area contributed by atoms with Crippen molar-refractivity contribution in [1.82, 2.24) is 15.0 Å². The minimum absolute atomic E-state index is 0.838. The van der Waals surface area contributed by atoms with Gasteiger partial charge in [0.1, 0.15) is 5.82 Å². The highest BCUT2D eigenvalue weighted by Crippen LogP contribution is 2.00. The maximum atomic E-state index is 4.06. The second-order valence-electron chi connectivity index (χ2n) is 5.88. The van der Waals surface area contributed by atoms with Gasteiger partial charge in [-0.15, -0.1) is 0 Å². The summed E-state index contributed by atoms with van der Waals surface area (Å²) in [5.41, 5.74) is 6.06. The van der Waals surface area contributed by atoms with Crippen LogP contribution in [0.5, 0.6) is 0 Å². The molecule has 0 atom stereocenters. The van der Waals surface area contributed by atoms with Crippen molar-refractivity contribution in [2.24, 2.45) is 0 Å². The Kier molecular flexibility index (Phi) is 24.3. The molecule has 0 unspecified atom stereocenters. The van der Waals surface area contributed by atoms with E-state index in [4.69, 9.17) is 0 Å². The predicted octanol–water partition coefficient (Wildman–Crippen LogP) is 8.17. The number of aromatic nitrogens is 3. The molecule has 0 fully saturated rings. The molecular formula is C27H45N3. The van der Waals surface area contributed by atoms with Crippen molar-refractivity contribution in [1.29, 1.82) is 0 Å². The molecule has 0 aliphatic rings. The smallest absolute Gasteiger partial charge is 0.125 e. The van der Waals surface area contributed by atoms with E-state index in [2.05, 4.69) is 66.1 Å². The molecule has 0 spiro atoms. The number of aryl methyl sites for hydroxylation is 6. The van der Waals surface area contributed by atoms with E-state index < -0.39 is 0 Å². The lowest BCUT2D eigenvalue weighted by molar-refractivity contribution is 1.01. The predicted molar refractivity (Wildman–Crippen MR) is 135 cm³/mol. The normalized spacial score (nSPS) is 8.00. The van der Waals surface area contributed by atoms with E-state index in [1.807, 2.05) is 80.6 Å². The first-order valence-electron chi connectivity index (χ1n) is 11.1. The summed E-state index contributed by atoms with van der Waals surface area (Å²) in [6.07, 6.45) is 3.59. The topological polar surface area (TPSA) is 38.7 Å². The lowest BCUT2D eigenvalue weighted by atomic mass is 10.2. The van der Waals surface area contributed by atoms with Crippen LogP contribution in [0.4, 0.5) is 0 Å². The summed E-state index contributed by atoms with van der Waals surface area (Å²) in [7, 11) is 0. The molecule has 0 bridgehead atoms. The highest BCUT2D eigenvalue weighted by Gasteiger charge is 1.84. The molecule has 3 heteroatoms. The monoisotopic (exact) mass is 411 g/mol. The van der Waals surface area contributed by atoms with E-state index in [9.17, 15) is 0 Å². The van der Waals surface area contributed by atoms with Gasteiger partial charge in [0.15, 0.2) is 0 Å². The van der Waals surface area contributed by atoms with Gasteiger partial charge in [-0.2, -0.15) is 0 Å². The Balaban J connectivity index is -0.000000323. The van der Waals surface area contributed by atoms with Crippen LogP contribution in [0.25, 0.3) is 0 Å². The van der Waals surface area contributed by atoms with Crippen molar-refractivity contribution in [2.45, 2.75) is 83.1 Å².